The SMILES string of the molecule is CC(=O)N1CCC(C(=O)N2C[C@@H](COc3cccc(C)n3)[C@@H]3COc4ccccc4[C@@H]32)CC1. The lowest BCUT2D eigenvalue weighted by atomic mass is 9.85. The second kappa shape index (κ2) is 9.04. The van der Waals surface area contributed by atoms with Gasteiger partial charge in [-0.25, -0.2) is 4.98 Å². The molecule has 174 valence electrons. The molecule has 0 bridgehead atoms. The van der Waals surface area contributed by atoms with Crippen LogP contribution in [0.3, 0.4) is 0 Å². The molecule has 33 heavy (non-hydrogen) atoms. The first kappa shape index (κ1) is 21.7. The fraction of sp³-hybridized carbons (Fsp3) is 0.500. The minimum Gasteiger partial charge on any atom is -0.493 e. The highest BCUT2D eigenvalue weighted by molar-refractivity contribution is 5.81. The van der Waals surface area contributed by atoms with E-state index in [0.717, 1.165) is 29.8 Å². The van der Waals surface area contributed by atoms with Crippen molar-refractivity contribution in [2.75, 3.05) is 32.8 Å². The molecule has 2 fully saturated rings. The van der Waals surface area contributed by atoms with Crippen LogP contribution in [0.4, 0.5) is 0 Å². The average molecular weight is 450 g/mol. The Kier molecular flexibility index (Phi) is 5.96. The number of pyridine rings is 1. The van der Waals surface area contributed by atoms with Gasteiger partial charge in [0.15, 0.2) is 0 Å². The molecule has 4 heterocycles. The Morgan fingerprint density at radius 3 is 2.67 bits per heavy atom. The van der Waals surface area contributed by atoms with Gasteiger partial charge in [0.05, 0.1) is 19.3 Å². The predicted octanol–water partition coefficient (Wildman–Crippen LogP) is 3.24. The molecule has 0 radical (unpaired) electrons. The van der Waals surface area contributed by atoms with Crippen molar-refractivity contribution in [2.24, 2.45) is 17.8 Å². The number of hydrogen-bond donors (Lipinski definition) is 0. The first-order valence-corrected chi connectivity index (χ1v) is 11.9. The van der Waals surface area contributed by atoms with Crippen LogP contribution in [0.1, 0.15) is 37.1 Å². The molecular weight excluding hydrogens is 418 g/mol. The maximum absolute atomic E-state index is 13.7. The third-order valence-corrected chi connectivity index (χ3v) is 7.33. The van der Waals surface area contributed by atoms with Crippen LogP contribution >= 0.6 is 0 Å². The quantitative estimate of drug-likeness (QED) is 0.717. The van der Waals surface area contributed by atoms with Gasteiger partial charge in [0.1, 0.15) is 5.75 Å². The summed E-state index contributed by atoms with van der Waals surface area (Å²) < 4.78 is 12.2. The topological polar surface area (TPSA) is 72.0 Å². The number of rotatable bonds is 4. The molecule has 1 aromatic carbocycles. The first-order valence-electron chi connectivity index (χ1n) is 11.9. The van der Waals surface area contributed by atoms with E-state index in [9.17, 15) is 9.59 Å². The van der Waals surface area contributed by atoms with Crippen LogP contribution in [0.15, 0.2) is 42.5 Å². The van der Waals surface area contributed by atoms with Crippen molar-refractivity contribution in [3.05, 3.63) is 53.7 Å². The summed E-state index contributed by atoms with van der Waals surface area (Å²) in [5.41, 5.74) is 2.00. The Bertz CT molecular complexity index is 1030. The zero-order chi connectivity index (χ0) is 22.9. The van der Waals surface area contributed by atoms with Gasteiger partial charge < -0.3 is 19.3 Å². The number of piperidine rings is 1. The fourth-order valence-corrected chi connectivity index (χ4v) is 5.53. The van der Waals surface area contributed by atoms with E-state index in [0.29, 0.717) is 38.7 Å². The molecule has 3 aliphatic rings. The predicted molar refractivity (Wildman–Crippen MR) is 123 cm³/mol. The molecule has 0 aliphatic carbocycles. The van der Waals surface area contributed by atoms with Gasteiger partial charge in [-0.3, -0.25) is 9.59 Å². The number of likely N-dealkylation sites (tertiary alicyclic amines) is 2. The molecule has 2 amide bonds. The van der Waals surface area contributed by atoms with Crippen LogP contribution in [0.2, 0.25) is 0 Å². The molecule has 7 nitrogen and oxygen atoms in total. The number of aromatic nitrogens is 1. The summed E-state index contributed by atoms with van der Waals surface area (Å²) >= 11 is 0. The Labute approximate surface area is 194 Å². The third kappa shape index (κ3) is 4.28. The van der Waals surface area contributed by atoms with Crippen molar-refractivity contribution in [2.45, 2.75) is 32.7 Å². The minimum absolute atomic E-state index is 0.00708. The summed E-state index contributed by atoms with van der Waals surface area (Å²) in [5.74, 6) is 2.05. The van der Waals surface area contributed by atoms with Gasteiger partial charge in [0, 0.05) is 61.6 Å². The van der Waals surface area contributed by atoms with Gasteiger partial charge in [0.2, 0.25) is 17.7 Å². The fourth-order valence-electron chi connectivity index (χ4n) is 5.53. The average Bonchev–Trinajstić information content (AvgIpc) is 3.21. The Morgan fingerprint density at radius 2 is 1.91 bits per heavy atom. The number of hydrogen-bond acceptors (Lipinski definition) is 5. The van der Waals surface area contributed by atoms with Crippen LogP contribution in [-0.4, -0.2) is 59.4 Å². The number of para-hydroxylation sites is 1. The second-order valence-corrected chi connectivity index (χ2v) is 9.42. The lowest BCUT2D eigenvalue weighted by Crippen LogP contribution is -2.44. The Balaban J connectivity index is 1.36. The molecule has 1 aromatic heterocycles. The van der Waals surface area contributed by atoms with Gasteiger partial charge in [-0.15, -0.1) is 0 Å². The summed E-state index contributed by atoms with van der Waals surface area (Å²) in [4.78, 5) is 33.8. The summed E-state index contributed by atoms with van der Waals surface area (Å²) in [7, 11) is 0. The van der Waals surface area contributed by atoms with E-state index in [1.807, 2.05) is 48.2 Å². The minimum atomic E-state index is -0.0469. The number of amides is 2. The largest absolute Gasteiger partial charge is 0.493 e. The van der Waals surface area contributed by atoms with E-state index in [1.165, 1.54) is 0 Å². The van der Waals surface area contributed by atoms with Crippen molar-refractivity contribution in [3.8, 4) is 11.6 Å². The van der Waals surface area contributed by atoms with E-state index in [2.05, 4.69) is 16.0 Å². The molecule has 3 atom stereocenters. The maximum atomic E-state index is 13.7. The van der Waals surface area contributed by atoms with E-state index in [-0.39, 0.29) is 35.6 Å². The van der Waals surface area contributed by atoms with Gasteiger partial charge in [-0.2, -0.15) is 0 Å². The summed E-state index contributed by atoms with van der Waals surface area (Å²) in [5, 5.41) is 0. The smallest absolute Gasteiger partial charge is 0.226 e. The van der Waals surface area contributed by atoms with Crippen LogP contribution in [0.25, 0.3) is 0 Å². The van der Waals surface area contributed by atoms with E-state index >= 15 is 0 Å². The summed E-state index contributed by atoms with van der Waals surface area (Å²) in [6.07, 6.45) is 1.44. The van der Waals surface area contributed by atoms with Crippen molar-refractivity contribution >= 4 is 11.8 Å². The lowest BCUT2D eigenvalue weighted by Gasteiger charge is -2.37. The van der Waals surface area contributed by atoms with Gasteiger partial charge in [0.25, 0.3) is 0 Å². The van der Waals surface area contributed by atoms with Crippen molar-refractivity contribution in [1.82, 2.24) is 14.8 Å². The number of benzene rings is 1. The molecule has 0 saturated carbocycles. The van der Waals surface area contributed by atoms with E-state index < -0.39 is 0 Å². The zero-order valence-corrected chi connectivity index (χ0v) is 19.3. The highest BCUT2D eigenvalue weighted by Gasteiger charge is 2.49. The standard InChI is InChI=1S/C26H31N3O4/c1-17-6-5-9-24(27-17)33-15-20-14-29(26(31)19-10-12-28(13-11-19)18(2)30)25-21-7-3-4-8-23(21)32-16-22(20)25/h3-9,19-20,22,25H,10-16H2,1-2H3/t20-,22-,25-/m0/s1. The highest BCUT2D eigenvalue weighted by Crippen LogP contribution is 2.48. The highest BCUT2D eigenvalue weighted by atomic mass is 16.5. The number of aryl methyl sites for hydroxylation is 1. The number of carbonyl (C=O) groups excluding carboxylic acids is 2. The monoisotopic (exact) mass is 449 g/mol. The van der Waals surface area contributed by atoms with Gasteiger partial charge in [-0.1, -0.05) is 24.3 Å². The van der Waals surface area contributed by atoms with Crippen molar-refractivity contribution in [1.29, 1.82) is 0 Å². The zero-order valence-electron chi connectivity index (χ0n) is 19.3. The van der Waals surface area contributed by atoms with Crippen molar-refractivity contribution < 1.29 is 19.1 Å². The summed E-state index contributed by atoms with van der Waals surface area (Å²) in [6.45, 7) is 6.56. The third-order valence-electron chi connectivity index (χ3n) is 7.33. The molecule has 2 saturated heterocycles. The van der Waals surface area contributed by atoms with Crippen LogP contribution in [-0.2, 0) is 9.59 Å². The normalized spacial score (nSPS) is 24.6. The Morgan fingerprint density at radius 1 is 1.12 bits per heavy atom. The van der Waals surface area contributed by atoms with Crippen LogP contribution in [0, 0.1) is 24.7 Å². The first-order chi connectivity index (χ1) is 16.0. The molecule has 5 rings (SSSR count). The van der Waals surface area contributed by atoms with E-state index in [1.54, 1.807) is 6.92 Å². The summed E-state index contributed by atoms with van der Waals surface area (Å²) in [6, 6.07) is 13.8. The molecular formula is C26H31N3O4. The van der Waals surface area contributed by atoms with Crippen molar-refractivity contribution in [3.63, 3.8) is 0 Å². The number of carbonyl (C=O) groups is 2. The molecule has 0 spiro atoms. The molecule has 0 N–H and O–H groups in total. The number of fused-ring (bicyclic) bond motifs is 3. The molecule has 3 aliphatic heterocycles. The molecule has 0 unspecified atom stereocenters. The lowest BCUT2D eigenvalue weighted by molar-refractivity contribution is -0.141. The van der Waals surface area contributed by atoms with E-state index in [4.69, 9.17) is 9.47 Å². The molecule has 7 heteroatoms. The maximum Gasteiger partial charge on any atom is 0.226 e. The van der Waals surface area contributed by atoms with Gasteiger partial charge >= 0.3 is 0 Å². The van der Waals surface area contributed by atoms with Crippen LogP contribution in [0.5, 0.6) is 11.6 Å². The van der Waals surface area contributed by atoms with Gasteiger partial charge in [-0.05, 0) is 31.9 Å². The van der Waals surface area contributed by atoms with Crippen LogP contribution < -0.4 is 9.47 Å². The Hall–Kier alpha value is -3.09. The number of nitrogens with zero attached hydrogens (tertiary/aromatic N) is 3. The second-order valence-electron chi connectivity index (χ2n) is 9.42. The number of ether oxygens (including phenoxy) is 2. The molecule has 2 aromatic rings.